The Labute approximate surface area is 805 Å². The van der Waals surface area contributed by atoms with E-state index in [4.69, 9.17) is 28.6 Å². The van der Waals surface area contributed by atoms with Gasteiger partial charge in [0.15, 0.2) is 51.8 Å². The first-order chi connectivity index (χ1) is 63.0. The number of hydrogen-bond donors (Lipinski definition) is 0. The molecular formula is C93H134F22O25. The summed E-state index contributed by atoms with van der Waals surface area (Å²) in [7, 11) is 1.46. The van der Waals surface area contributed by atoms with Crippen LogP contribution in [0.3, 0.4) is 0 Å². The molecule has 1 rings (SSSR count). The second-order valence-corrected chi connectivity index (χ2v) is 23.6. The van der Waals surface area contributed by atoms with Gasteiger partial charge < -0.3 is 42.6 Å². The number of hydrogen-bond acceptors (Lipinski definition) is 25. The lowest BCUT2D eigenvalue weighted by Crippen LogP contribution is -2.51. The van der Waals surface area contributed by atoms with Crippen molar-refractivity contribution in [3.63, 3.8) is 0 Å². The SMILES string of the molecule is C.C.C=C(C(=O)OCCC)C(F)(F)F.C=C(C(C)=O)C(F)(F)F.C=C(C)C(=O)OCCC.C=C(C)C(=O)OCCOCC(C)(C(F)(F)F)C(F)(F)F.C=C(C)C(=O)Oc1ccc(C(C)(C(F)(F)F)C(F)(F)F)cc1.C=C(C)C(C)=O.C=C(C)C(C)=O.C=C(F)C(=O)OCCOCC.C=C=C=O.C=C=C=O.C=C=C=O.C=CC(=O)OCC.C=CC(=O)OCCC.C=CC(C)=O.CC.CCOF.CF.COF. The van der Waals surface area contributed by atoms with Crippen LogP contribution >= 0.6 is 0 Å². The summed E-state index contributed by atoms with van der Waals surface area (Å²) in [5, 5.41) is 0. The van der Waals surface area contributed by atoms with E-state index in [0.717, 1.165) is 51.2 Å². The van der Waals surface area contributed by atoms with Crippen LogP contribution in [0, 0.1) is 5.41 Å². The van der Waals surface area contributed by atoms with Gasteiger partial charge >= 0.3 is 78.8 Å². The van der Waals surface area contributed by atoms with Gasteiger partial charge in [0.25, 0.3) is 0 Å². The second-order valence-electron chi connectivity index (χ2n) is 23.6. The van der Waals surface area contributed by atoms with E-state index in [1.807, 2.05) is 51.8 Å². The Kier molecular flexibility index (Phi) is 132. The number of allylic oxidation sites excluding steroid dienone is 4. The maximum Gasteiger partial charge on any atom is 0.422 e. The van der Waals surface area contributed by atoms with Crippen LogP contribution in [0.15, 0.2) is 197 Å². The van der Waals surface area contributed by atoms with Crippen molar-refractivity contribution in [2.45, 2.75) is 208 Å². The van der Waals surface area contributed by atoms with E-state index in [9.17, 15) is 150 Å². The van der Waals surface area contributed by atoms with Crippen LogP contribution in [-0.2, 0) is 120 Å². The zero-order chi connectivity index (χ0) is 114. The van der Waals surface area contributed by atoms with Gasteiger partial charge in [-0.1, -0.05) is 134 Å². The van der Waals surface area contributed by atoms with Crippen molar-refractivity contribution in [2.75, 3.05) is 87.0 Å². The Hall–Kier alpha value is -12.7. The number of alkyl halides is 19. The van der Waals surface area contributed by atoms with E-state index in [2.05, 4.69) is 130 Å². The van der Waals surface area contributed by atoms with Crippen molar-refractivity contribution in [1.82, 2.24) is 0 Å². The van der Waals surface area contributed by atoms with Crippen molar-refractivity contribution in [3.05, 3.63) is 202 Å². The summed E-state index contributed by atoms with van der Waals surface area (Å²) in [6.45, 7) is 70.7. The van der Waals surface area contributed by atoms with Gasteiger partial charge in [-0.3, -0.25) is 23.6 Å². The minimum absolute atomic E-state index is 0. The highest BCUT2D eigenvalue weighted by Crippen LogP contribution is 2.52. The molecule has 810 valence electrons. The van der Waals surface area contributed by atoms with E-state index in [1.165, 1.54) is 58.5 Å². The fraction of sp³-hybridized carbons (Fsp3) is 0.484. The topological polar surface area (TPSA) is 341 Å². The number of halogens is 22. The largest absolute Gasteiger partial charge is 0.463 e. The van der Waals surface area contributed by atoms with Gasteiger partial charge in [0.05, 0.1) is 72.7 Å². The molecule has 0 fully saturated rings. The predicted octanol–water partition coefficient (Wildman–Crippen LogP) is 23.8. The molecule has 140 heavy (non-hydrogen) atoms. The molecule has 0 saturated carbocycles. The Morgan fingerprint density at radius 2 is 0.643 bits per heavy atom. The van der Waals surface area contributed by atoms with Crippen LogP contribution < -0.4 is 4.74 Å². The van der Waals surface area contributed by atoms with Gasteiger partial charge in [-0.05, 0) is 197 Å². The molecule has 0 unspecified atom stereocenters. The molecule has 0 N–H and O–H groups in total. The predicted molar refractivity (Wildman–Crippen MR) is 487 cm³/mol. The first kappa shape index (κ1) is 173. The molecule has 0 heterocycles. The number of rotatable bonds is 30. The smallest absolute Gasteiger partial charge is 0.422 e. The summed E-state index contributed by atoms with van der Waals surface area (Å²) in [5.74, 6) is -3.24. The number of carbonyl (C=O) groups is 11. The Morgan fingerprint density at radius 3 is 0.836 bits per heavy atom. The van der Waals surface area contributed by atoms with Gasteiger partial charge in [-0.2, -0.15) is 93.3 Å². The molecule has 0 aliphatic heterocycles. The standard InChI is InChI=1S/C14H12F6O2.C11H14F6O3.C7H9F3O2.C7H11FO3.C7H12O2.C6H10O2.C5H5F3O.C5H8O2.2C5H8O.C4H6O.3C3H2O.C2H5FO.C2H6.CH3FO.CH3F.2CH4/c1-8(2)11(21)22-10-6-4-9(5-7-10)12(3,13(15,16)17)14(18,19)20;1-7(2)8(18)20-5-4-19-6-9(3,10(12,13)14)11(15,16)17;1-3-4-12-6(11)5(2)7(8,9)10;1-3-10-4-5-11-7(9)6(2)8;1-4-5-9-7(8)6(2)3;1-3-5-8-6(7)4-2;1-3(4(2)9)5(6,7)8;1-3-5(6)7-4-2;2*1-4(2)5(3)6;1-3-4(2)5;3*1-2-3-4;1-2-4-3;1-2;1-3-2;1-2;;/h4-7H,1H2,2-3H3;1,4-6H2,2-3H3;2-4H2,1H3;2-5H2,1H3;2,4-5H2,1,3H3;4H,2-3,5H2,1H3;1H2,2H3;3H,1,4H2,2H3;2*1H2,2-3H3;3H,1H2,2H3;3*1H2;2H2,1H3;1-2H3;1H3;1H3;2*1H4. The number of carbonyl (C=O) groups excluding carboxylic acids is 14. The van der Waals surface area contributed by atoms with Gasteiger partial charge in [0.1, 0.15) is 24.5 Å². The van der Waals surface area contributed by atoms with Gasteiger partial charge in [-0.15, -0.1) is 0 Å². The minimum atomic E-state index is -5.53. The van der Waals surface area contributed by atoms with Crippen molar-refractivity contribution in [2.24, 2.45) is 5.41 Å². The summed E-state index contributed by atoms with van der Waals surface area (Å²) in [5.41, 5.74) is -4.33. The van der Waals surface area contributed by atoms with Crippen molar-refractivity contribution >= 4 is 82.7 Å². The average Bonchev–Trinajstić information content (AvgIpc) is 0.748. The summed E-state index contributed by atoms with van der Waals surface area (Å²) in [6, 6.07) is 2.99. The highest BCUT2D eigenvalue weighted by molar-refractivity contribution is 5.94. The Balaban J connectivity index is -0.0000000676. The normalized spacial score (nSPS) is 9.28. The van der Waals surface area contributed by atoms with Crippen molar-refractivity contribution in [1.29, 1.82) is 0 Å². The lowest BCUT2D eigenvalue weighted by molar-refractivity contribution is -0.345. The molecule has 0 atom stereocenters. The van der Waals surface area contributed by atoms with E-state index in [-0.39, 0.29) is 107 Å². The Morgan fingerprint density at radius 1 is 0.379 bits per heavy atom. The number of ether oxygens (including phenoxy) is 9. The lowest BCUT2D eigenvalue weighted by Gasteiger charge is -2.34. The van der Waals surface area contributed by atoms with Crippen LogP contribution in [0.25, 0.3) is 0 Å². The molecule has 47 heteroatoms. The zero-order valence-corrected chi connectivity index (χ0v) is 80.9. The summed E-state index contributed by atoms with van der Waals surface area (Å²) in [4.78, 5) is 146. The number of esters is 7. The monoisotopic (exact) mass is 2070 g/mol. The average molecular weight is 2070 g/mol. The van der Waals surface area contributed by atoms with Crippen molar-refractivity contribution in [3.8, 4) is 5.75 Å². The highest BCUT2D eigenvalue weighted by Gasteiger charge is 2.69. The summed E-state index contributed by atoms with van der Waals surface area (Å²) < 4.78 is 303. The quantitative estimate of drug-likeness (QED) is 0.0101. The highest BCUT2D eigenvalue weighted by atomic mass is 19.4. The van der Waals surface area contributed by atoms with Crippen LogP contribution in [0.4, 0.5) is 96.9 Å². The molecule has 1 aromatic rings. The van der Waals surface area contributed by atoms with Crippen LogP contribution in [0.2, 0.25) is 0 Å². The molecule has 0 amide bonds. The van der Waals surface area contributed by atoms with E-state index in [1.54, 1.807) is 41.5 Å². The summed E-state index contributed by atoms with van der Waals surface area (Å²) in [6.07, 6.45) is -25.5. The van der Waals surface area contributed by atoms with Crippen molar-refractivity contribution < 1.29 is 216 Å². The third kappa shape index (κ3) is 119. The van der Waals surface area contributed by atoms with Gasteiger partial charge in [-0.25, -0.2) is 47.9 Å². The number of benzene rings is 1. The molecule has 25 nitrogen and oxygen atoms in total. The molecule has 0 radical (unpaired) electrons. The van der Waals surface area contributed by atoms with Crippen LogP contribution in [0.5, 0.6) is 5.75 Å². The van der Waals surface area contributed by atoms with Crippen LogP contribution in [-0.4, -0.2) is 207 Å². The molecule has 0 saturated heterocycles. The first-order valence-corrected chi connectivity index (χ1v) is 38.2. The van der Waals surface area contributed by atoms with E-state index < -0.39 is 120 Å². The zero-order valence-electron chi connectivity index (χ0n) is 80.9. The minimum Gasteiger partial charge on any atom is -0.463 e. The molecule has 1 aromatic carbocycles. The molecule has 0 spiro atoms. The third-order valence-corrected chi connectivity index (χ3v) is 11.9. The maximum atomic E-state index is 12.9. The maximum absolute atomic E-state index is 12.9. The van der Waals surface area contributed by atoms with Crippen LogP contribution in [0.1, 0.15) is 171 Å². The molecule has 0 aliphatic carbocycles. The lowest BCUT2D eigenvalue weighted by atomic mass is 9.81. The number of ketones is 4. The van der Waals surface area contributed by atoms with E-state index in [0.29, 0.717) is 68.9 Å². The molecule has 0 aliphatic rings. The van der Waals surface area contributed by atoms with Gasteiger partial charge in [0.2, 0.25) is 5.83 Å². The molecule has 0 bridgehead atoms. The van der Waals surface area contributed by atoms with E-state index >= 15 is 0 Å². The third-order valence-electron chi connectivity index (χ3n) is 11.9. The fourth-order valence-corrected chi connectivity index (χ4v) is 4.25. The fourth-order valence-electron chi connectivity index (χ4n) is 4.25. The Bertz CT molecular complexity index is 3790. The molecule has 0 aromatic heterocycles. The second kappa shape index (κ2) is 107. The number of Topliss-reactive ketones (excluding diaryl/α,β-unsaturated/α-hetero) is 3. The molecular weight excluding hydrogens is 1930 g/mol. The van der Waals surface area contributed by atoms with Gasteiger partial charge in [0, 0.05) is 35.5 Å². The summed E-state index contributed by atoms with van der Waals surface area (Å²) >= 11 is 0. The first-order valence-electron chi connectivity index (χ1n) is 38.2.